The van der Waals surface area contributed by atoms with Gasteiger partial charge in [0, 0.05) is 17.1 Å². The zero-order valence-electron chi connectivity index (χ0n) is 16.4. The fourth-order valence-corrected chi connectivity index (χ4v) is 4.70. The number of carbonyl (C=O) groups is 1. The maximum atomic E-state index is 13.0. The summed E-state index contributed by atoms with van der Waals surface area (Å²) >= 11 is 3.13. The number of quaternary nitrogens is 1. The molecule has 2 aromatic carbocycles. The van der Waals surface area contributed by atoms with E-state index in [0.717, 1.165) is 32.4 Å². The summed E-state index contributed by atoms with van der Waals surface area (Å²) in [5.41, 5.74) is 2.09. The highest BCUT2D eigenvalue weighted by atomic mass is 32.2. The highest BCUT2D eigenvalue weighted by Crippen LogP contribution is 2.31. The molecule has 3 rings (SSSR count). The summed E-state index contributed by atoms with van der Waals surface area (Å²) in [6.45, 7) is 3.54. The summed E-state index contributed by atoms with van der Waals surface area (Å²) in [6.07, 6.45) is 0.416. The molecule has 3 aromatic rings. The van der Waals surface area contributed by atoms with Crippen LogP contribution in [0.5, 0.6) is 0 Å². The Morgan fingerprint density at radius 1 is 1.21 bits per heavy atom. The first-order valence-corrected chi connectivity index (χ1v) is 11.1. The second-order valence-corrected chi connectivity index (χ2v) is 9.15. The van der Waals surface area contributed by atoms with Crippen molar-refractivity contribution in [3.8, 4) is 0 Å². The molecule has 1 amide bonds. The van der Waals surface area contributed by atoms with Crippen LogP contribution in [0.25, 0.3) is 10.2 Å². The fraction of sp³-hybridized carbons (Fsp3) is 0.333. The van der Waals surface area contributed by atoms with E-state index in [2.05, 4.69) is 14.1 Å². The lowest BCUT2D eigenvalue weighted by Gasteiger charge is -2.20. The third kappa shape index (κ3) is 5.31. The summed E-state index contributed by atoms with van der Waals surface area (Å²) in [7, 11) is 4.16. The number of hydrogen-bond donors (Lipinski definition) is 1. The maximum absolute atomic E-state index is 13.0. The van der Waals surface area contributed by atoms with E-state index in [4.69, 9.17) is 4.98 Å². The zero-order valence-corrected chi connectivity index (χ0v) is 18.0. The Balaban J connectivity index is 1.71. The number of carbonyl (C=O) groups excluding carboxylic acids is 1. The highest BCUT2D eigenvalue weighted by Gasteiger charge is 2.21. The number of likely N-dealkylation sites (N-methyl/N-ethyl adjacent to an activating group) is 1. The van der Waals surface area contributed by atoms with Gasteiger partial charge in [0.05, 0.1) is 37.4 Å². The molecule has 0 saturated carbocycles. The van der Waals surface area contributed by atoms with E-state index in [1.165, 1.54) is 17.0 Å². The maximum Gasteiger partial charge on any atom is 0.229 e. The van der Waals surface area contributed by atoms with E-state index in [1.807, 2.05) is 30.0 Å². The Bertz CT molecular complexity index is 940. The largest absolute Gasteiger partial charge is 0.338 e. The molecule has 148 valence electrons. The van der Waals surface area contributed by atoms with Crippen molar-refractivity contribution in [3.63, 3.8) is 0 Å². The average Bonchev–Trinajstić information content (AvgIpc) is 3.08. The van der Waals surface area contributed by atoms with Gasteiger partial charge >= 0.3 is 0 Å². The summed E-state index contributed by atoms with van der Waals surface area (Å²) in [5, 5.41) is 0.766. The summed E-state index contributed by atoms with van der Waals surface area (Å²) in [6, 6.07) is 12.5. The summed E-state index contributed by atoms with van der Waals surface area (Å²) in [5.74, 6) is 0.483. The number of thiazole rings is 1. The van der Waals surface area contributed by atoms with Crippen molar-refractivity contribution < 1.29 is 14.1 Å². The van der Waals surface area contributed by atoms with Gasteiger partial charge in [-0.1, -0.05) is 23.5 Å². The van der Waals surface area contributed by atoms with Crippen molar-refractivity contribution in [3.05, 3.63) is 53.8 Å². The zero-order chi connectivity index (χ0) is 20.1. The van der Waals surface area contributed by atoms with Gasteiger partial charge in [0.1, 0.15) is 5.82 Å². The van der Waals surface area contributed by atoms with Crippen LogP contribution in [0.1, 0.15) is 12.0 Å². The van der Waals surface area contributed by atoms with Crippen LogP contribution in [0.3, 0.4) is 0 Å². The Morgan fingerprint density at radius 2 is 1.96 bits per heavy atom. The molecule has 0 aliphatic heterocycles. The smallest absolute Gasteiger partial charge is 0.229 e. The van der Waals surface area contributed by atoms with Gasteiger partial charge in [-0.25, -0.2) is 9.37 Å². The minimum absolute atomic E-state index is 0.0765. The standard InChI is InChI=1S/C21H24FN3OS2/c1-15-5-4-6-18-20(15)23-21(28-18)25(13-12-24(2)3)19(26)11-14-27-17-9-7-16(22)8-10-17/h4-10H,11-14H2,1-3H3/p+1. The Morgan fingerprint density at radius 3 is 2.64 bits per heavy atom. The number of hydrogen-bond acceptors (Lipinski definition) is 4. The third-order valence-electron chi connectivity index (χ3n) is 4.38. The Labute approximate surface area is 173 Å². The number of nitrogens with one attached hydrogen (secondary N) is 1. The molecular weight excluding hydrogens is 393 g/mol. The number of nitrogens with zero attached hydrogens (tertiary/aromatic N) is 2. The van der Waals surface area contributed by atoms with Crippen LogP contribution < -0.4 is 9.80 Å². The second-order valence-electron chi connectivity index (χ2n) is 6.97. The van der Waals surface area contributed by atoms with Crippen LogP contribution >= 0.6 is 23.1 Å². The van der Waals surface area contributed by atoms with E-state index < -0.39 is 0 Å². The van der Waals surface area contributed by atoms with Crippen LogP contribution in [-0.2, 0) is 4.79 Å². The van der Waals surface area contributed by atoms with Crippen molar-refractivity contribution >= 4 is 44.4 Å². The Hall–Kier alpha value is -1.96. The quantitative estimate of drug-likeness (QED) is 0.570. The summed E-state index contributed by atoms with van der Waals surface area (Å²) in [4.78, 5) is 21.8. The number of aromatic nitrogens is 1. The second kappa shape index (κ2) is 9.49. The molecule has 1 heterocycles. The number of rotatable bonds is 8. The molecule has 4 nitrogen and oxygen atoms in total. The number of anilines is 1. The molecule has 0 aliphatic carbocycles. The van der Waals surface area contributed by atoms with Crippen molar-refractivity contribution in [2.24, 2.45) is 0 Å². The van der Waals surface area contributed by atoms with Crippen molar-refractivity contribution in [2.75, 3.05) is 37.8 Å². The first-order chi connectivity index (χ1) is 13.4. The van der Waals surface area contributed by atoms with E-state index in [1.54, 1.807) is 35.2 Å². The van der Waals surface area contributed by atoms with Gasteiger partial charge in [-0.05, 0) is 42.8 Å². The third-order valence-corrected chi connectivity index (χ3v) is 6.43. The number of halogens is 1. The summed E-state index contributed by atoms with van der Waals surface area (Å²) < 4.78 is 14.1. The van der Waals surface area contributed by atoms with Gasteiger partial charge in [0.15, 0.2) is 5.13 Å². The van der Waals surface area contributed by atoms with E-state index in [9.17, 15) is 9.18 Å². The molecule has 1 aromatic heterocycles. The van der Waals surface area contributed by atoms with Gasteiger partial charge in [-0.2, -0.15) is 0 Å². The number of amides is 1. The first kappa shape index (κ1) is 20.8. The van der Waals surface area contributed by atoms with Gasteiger partial charge in [-0.3, -0.25) is 9.69 Å². The molecule has 0 atom stereocenters. The van der Waals surface area contributed by atoms with E-state index in [0.29, 0.717) is 18.7 Å². The number of para-hydroxylation sites is 1. The number of aryl methyl sites for hydroxylation is 1. The monoisotopic (exact) mass is 418 g/mol. The topological polar surface area (TPSA) is 37.6 Å². The molecule has 0 saturated heterocycles. The molecule has 0 aliphatic rings. The van der Waals surface area contributed by atoms with Crippen LogP contribution in [0.2, 0.25) is 0 Å². The van der Waals surface area contributed by atoms with Crippen molar-refractivity contribution in [1.82, 2.24) is 4.98 Å². The lowest BCUT2D eigenvalue weighted by molar-refractivity contribution is -0.856. The van der Waals surface area contributed by atoms with Crippen LogP contribution in [0.15, 0.2) is 47.4 Å². The predicted molar refractivity (Wildman–Crippen MR) is 116 cm³/mol. The first-order valence-electron chi connectivity index (χ1n) is 9.28. The molecule has 7 heteroatoms. The average molecular weight is 419 g/mol. The lowest BCUT2D eigenvalue weighted by atomic mass is 10.2. The molecule has 0 bridgehead atoms. The lowest BCUT2D eigenvalue weighted by Crippen LogP contribution is -3.06. The Kier molecular flexibility index (Phi) is 7.04. The SMILES string of the molecule is Cc1cccc2sc(N(CC[NH+](C)C)C(=O)CCSc3ccc(F)cc3)nc12. The molecule has 0 radical (unpaired) electrons. The molecule has 28 heavy (non-hydrogen) atoms. The van der Waals surface area contributed by atoms with Crippen LogP contribution in [-0.4, -0.2) is 43.8 Å². The van der Waals surface area contributed by atoms with Crippen molar-refractivity contribution in [1.29, 1.82) is 0 Å². The van der Waals surface area contributed by atoms with Gasteiger partial charge in [0.25, 0.3) is 0 Å². The van der Waals surface area contributed by atoms with Crippen LogP contribution in [0, 0.1) is 12.7 Å². The fourth-order valence-electron chi connectivity index (χ4n) is 2.77. The van der Waals surface area contributed by atoms with Crippen LogP contribution in [0.4, 0.5) is 9.52 Å². The number of benzene rings is 2. The minimum atomic E-state index is -0.246. The van der Waals surface area contributed by atoms with Crippen molar-refractivity contribution in [2.45, 2.75) is 18.2 Å². The molecule has 0 unspecified atom stereocenters. The number of thioether (sulfide) groups is 1. The molecular formula is C21H25FN3OS2+. The molecule has 0 spiro atoms. The highest BCUT2D eigenvalue weighted by molar-refractivity contribution is 7.99. The minimum Gasteiger partial charge on any atom is -0.338 e. The van der Waals surface area contributed by atoms with Gasteiger partial charge in [-0.15, -0.1) is 11.8 Å². The van der Waals surface area contributed by atoms with E-state index in [-0.39, 0.29) is 11.7 Å². The van der Waals surface area contributed by atoms with Gasteiger partial charge in [0.2, 0.25) is 5.91 Å². The number of fused-ring (bicyclic) bond motifs is 1. The van der Waals surface area contributed by atoms with E-state index >= 15 is 0 Å². The normalized spacial score (nSPS) is 11.3. The van der Waals surface area contributed by atoms with Gasteiger partial charge < -0.3 is 4.90 Å². The molecule has 0 fully saturated rings. The molecule has 1 N–H and O–H groups in total. The predicted octanol–water partition coefficient (Wildman–Crippen LogP) is 3.40.